The number of ether oxygens (including phenoxy) is 1. The lowest BCUT2D eigenvalue weighted by molar-refractivity contribution is -0.414. The second kappa shape index (κ2) is 4.12. The van der Waals surface area contributed by atoms with Gasteiger partial charge in [0.2, 0.25) is 0 Å². The molecular weight excluding hydrogens is 234 g/mol. The molecule has 0 saturated carbocycles. The molecule has 1 aliphatic rings. The predicted molar refractivity (Wildman–Crippen MR) is 50.5 cm³/mol. The van der Waals surface area contributed by atoms with Gasteiger partial charge in [-0.1, -0.05) is 0 Å². The Morgan fingerprint density at radius 1 is 1.59 bits per heavy atom. The van der Waals surface area contributed by atoms with E-state index in [0.29, 0.717) is 0 Å². The van der Waals surface area contributed by atoms with Gasteiger partial charge in [-0.2, -0.15) is 10.1 Å². The number of hydrogen-bond donors (Lipinski definition) is 0. The van der Waals surface area contributed by atoms with E-state index in [1.807, 2.05) is 0 Å². The Morgan fingerprint density at radius 2 is 2.35 bits per heavy atom. The van der Waals surface area contributed by atoms with Crippen molar-refractivity contribution >= 4 is 18.2 Å². The van der Waals surface area contributed by atoms with Crippen molar-refractivity contribution in [3.8, 4) is 5.75 Å². The molecule has 9 heteroatoms. The van der Waals surface area contributed by atoms with Crippen LogP contribution in [0.2, 0.25) is 0 Å². The van der Waals surface area contributed by atoms with Gasteiger partial charge in [-0.15, -0.1) is 0 Å². The maximum atomic E-state index is 11.0. The molecule has 2 heterocycles. The molecule has 0 aromatic carbocycles. The maximum Gasteiger partial charge on any atom is 0.430 e. The number of hydrazone groups is 1. The SMILES string of the molecule is O=C1OCCN1/N=C/c1cc([O-])c([N+](=O)[O-])o1. The van der Waals surface area contributed by atoms with E-state index >= 15 is 0 Å². The van der Waals surface area contributed by atoms with Gasteiger partial charge in [-0.05, 0) is 6.07 Å². The molecule has 9 nitrogen and oxygen atoms in total. The quantitative estimate of drug-likeness (QED) is 0.418. The zero-order valence-corrected chi connectivity index (χ0v) is 8.36. The second-order valence-electron chi connectivity index (χ2n) is 3.06. The number of cyclic esters (lactones) is 1. The number of amides is 1. The number of rotatable bonds is 3. The fourth-order valence-electron chi connectivity index (χ4n) is 1.19. The van der Waals surface area contributed by atoms with Crippen LogP contribution in [-0.2, 0) is 4.74 Å². The molecule has 0 bridgehead atoms. The number of carbonyl (C=O) groups is 1. The Kier molecular flexibility index (Phi) is 2.65. The van der Waals surface area contributed by atoms with Crippen LogP contribution >= 0.6 is 0 Å². The third-order valence-corrected chi connectivity index (χ3v) is 1.93. The Morgan fingerprint density at radius 3 is 2.88 bits per heavy atom. The van der Waals surface area contributed by atoms with Crippen LogP contribution < -0.4 is 5.11 Å². The molecule has 1 saturated heterocycles. The summed E-state index contributed by atoms with van der Waals surface area (Å²) in [5.41, 5.74) is 0. The summed E-state index contributed by atoms with van der Waals surface area (Å²) in [5.74, 6) is -1.82. The molecule has 0 N–H and O–H groups in total. The minimum absolute atomic E-state index is 0.0959. The molecule has 0 spiro atoms. The Balaban J connectivity index is 2.13. The summed E-state index contributed by atoms with van der Waals surface area (Å²) in [5, 5.41) is 26.0. The summed E-state index contributed by atoms with van der Waals surface area (Å²) < 4.78 is 9.22. The topological polar surface area (TPSA) is 121 Å². The average Bonchev–Trinajstić information content (AvgIpc) is 2.82. The van der Waals surface area contributed by atoms with Gasteiger partial charge in [0, 0.05) is 5.75 Å². The van der Waals surface area contributed by atoms with Gasteiger partial charge in [0.25, 0.3) is 0 Å². The molecule has 1 aromatic rings. The standard InChI is InChI=1S/C8H7N3O6/c12-6-3-5(17-7(6)11(14)15)4-9-10-1-2-16-8(10)13/h3-4,12H,1-2H2/p-1/b9-4+. The summed E-state index contributed by atoms with van der Waals surface area (Å²) in [4.78, 5) is 20.4. The van der Waals surface area contributed by atoms with Crippen molar-refractivity contribution in [1.82, 2.24) is 5.01 Å². The van der Waals surface area contributed by atoms with Gasteiger partial charge in [0.1, 0.15) is 11.5 Å². The van der Waals surface area contributed by atoms with Crippen LogP contribution in [0.4, 0.5) is 10.7 Å². The van der Waals surface area contributed by atoms with Crippen LogP contribution in [0.1, 0.15) is 5.76 Å². The van der Waals surface area contributed by atoms with Crippen LogP contribution in [0, 0.1) is 10.1 Å². The third-order valence-electron chi connectivity index (χ3n) is 1.93. The first-order valence-corrected chi connectivity index (χ1v) is 4.51. The summed E-state index contributed by atoms with van der Waals surface area (Å²) in [6.07, 6.45) is 0.422. The smallest absolute Gasteiger partial charge is 0.430 e. The molecule has 17 heavy (non-hydrogen) atoms. The van der Waals surface area contributed by atoms with Crippen molar-refractivity contribution < 1.29 is 24.0 Å². The van der Waals surface area contributed by atoms with Gasteiger partial charge in [0.15, 0.2) is 5.76 Å². The van der Waals surface area contributed by atoms with Crippen LogP contribution in [0.15, 0.2) is 15.6 Å². The number of nitro groups is 1. The van der Waals surface area contributed by atoms with E-state index < -0.39 is 22.7 Å². The van der Waals surface area contributed by atoms with Gasteiger partial charge in [0.05, 0.1) is 12.8 Å². The first kappa shape index (κ1) is 10.9. The van der Waals surface area contributed by atoms with Crippen molar-refractivity contribution in [2.24, 2.45) is 5.10 Å². The predicted octanol–water partition coefficient (Wildman–Crippen LogP) is 0.0475. The fraction of sp³-hybridized carbons (Fsp3) is 0.250. The Hall–Kier alpha value is -2.58. The molecule has 1 amide bonds. The summed E-state index contributed by atoms with van der Waals surface area (Å²) in [7, 11) is 0. The van der Waals surface area contributed by atoms with Crippen molar-refractivity contribution in [2.45, 2.75) is 0 Å². The van der Waals surface area contributed by atoms with Gasteiger partial charge < -0.3 is 14.3 Å². The van der Waals surface area contributed by atoms with Crippen molar-refractivity contribution in [3.63, 3.8) is 0 Å². The molecule has 2 rings (SSSR count). The van der Waals surface area contributed by atoms with Crippen molar-refractivity contribution in [2.75, 3.05) is 13.2 Å². The highest BCUT2D eigenvalue weighted by atomic mass is 16.7. The van der Waals surface area contributed by atoms with Gasteiger partial charge in [-0.3, -0.25) is 10.1 Å². The lowest BCUT2D eigenvalue weighted by atomic mass is 10.4. The largest absolute Gasteiger partial charge is 0.865 e. The first-order valence-electron chi connectivity index (χ1n) is 4.51. The Bertz CT molecular complexity index is 493. The average molecular weight is 240 g/mol. The molecule has 1 aromatic heterocycles. The molecule has 1 fully saturated rings. The van der Waals surface area contributed by atoms with Crippen molar-refractivity contribution in [1.29, 1.82) is 0 Å². The minimum atomic E-state index is -0.927. The summed E-state index contributed by atoms with van der Waals surface area (Å²) in [6.45, 7) is 0.504. The maximum absolute atomic E-state index is 11.0. The third kappa shape index (κ3) is 2.17. The van der Waals surface area contributed by atoms with E-state index in [1.165, 1.54) is 0 Å². The number of nitrogens with zero attached hydrogens (tertiary/aromatic N) is 3. The number of furan rings is 1. The van der Waals surface area contributed by atoms with Gasteiger partial charge in [-0.25, -0.2) is 4.79 Å². The van der Waals surface area contributed by atoms with Crippen LogP contribution in [-0.4, -0.2) is 35.4 Å². The Labute approximate surface area is 94.0 Å². The lowest BCUT2D eigenvalue weighted by Gasteiger charge is -2.01. The lowest BCUT2D eigenvalue weighted by Crippen LogP contribution is -2.17. The first-order chi connectivity index (χ1) is 8.08. The van der Waals surface area contributed by atoms with E-state index in [-0.39, 0.29) is 18.9 Å². The molecule has 90 valence electrons. The van der Waals surface area contributed by atoms with E-state index in [2.05, 4.69) is 14.3 Å². The van der Waals surface area contributed by atoms with E-state index in [0.717, 1.165) is 17.3 Å². The van der Waals surface area contributed by atoms with Crippen LogP contribution in [0.5, 0.6) is 5.75 Å². The van der Waals surface area contributed by atoms with Gasteiger partial charge >= 0.3 is 12.0 Å². The van der Waals surface area contributed by atoms with E-state index in [9.17, 15) is 20.0 Å². The molecular formula is C8H6N3O6-. The minimum Gasteiger partial charge on any atom is -0.865 e. The summed E-state index contributed by atoms with van der Waals surface area (Å²) >= 11 is 0. The fourth-order valence-corrected chi connectivity index (χ4v) is 1.19. The highest BCUT2D eigenvalue weighted by Gasteiger charge is 2.21. The number of carbonyl (C=O) groups excluding carboxylic acids is 1. The second-order valence-corrected chi connectivity index (χ2v) is 3.06. The molecule has 0 unspecified atom stereocenters. The zero-order chi connectivity index (χ0) is 12.4. The monoisotopic (exact) mass is 240 g/mol. The molecule has 0 aliphatic carbocycles. The van der Waals surface area contributed by atoms with Crippen LogP contribution in [0.3, 0.4) is 0 Å². The summed E-state index contributed by atoms with van der Waals surface area (Å²) in [6, 6.07) is 0.920. The molecule has 0 radical (unpaired) electrons. The highest BCUT2D eigenvalue weighted by Crippen LogP contribution is 2.26. The van der Waals surface area contributed by atoms with E-state index in [4.69, 9.17) is 0 Å². The number of hydrogen-bond acceptors (Lipinski definition) is 7. The zero-order valence-electron chi connectivity index (χ0n) is 8.36. The van der Waals surface area contributed by atoms with Crippen LogP contribution in [0.25, 0.3) is 0 Å². The normalized spacial score (nSPS) is 15.5. The van der Waals surface area contributed by atoms with Crippen molar-refractivity contribution in [3.05, 3.63) is 21.9 Å². The molecule has 0 atom stereocenters. The highest BCUT2D eigenvalue weighted by molar-refractivity contribution is 5.79. The molecule has 1 aliphatic heterocycles. The van der Waals surface area contributed by atoms with E-state index in [1.54, 1.807) is 0 Å².